The van der Waals surface area contributed by atoms with Gasteiger partial charge in [0.05, 0.1) is 6.10 Å². The summed E-state index contributed by atoms with van der Waals surface area (Å²) in [6, 6.07) is 11.1. The smallest absolute Gasteiger partial charge is 0.0993 e. The second kappa shape index (κ2) is 4.40. The van der Waals surface area contributed by atoms with Crippen LogP contribution in [0.25, 0.3) is 6.08 Å². The third-order valence-electron chi connectivity index (χ3n) is 3.40. The molecule has 1 aromatic rings. The largest absolute Gasteiger partial charge is 0.291 e. The quantitative estimate of drug-likeness (QED) is 0.752. The number of hydroxylamine groups is 2. The molecule has 2 atom stereocenters. The standard InChI is InChI=1S/C14H17NO/c1-2-5-12(6-3-1)8-9-14-11-13-7-4-10-15(13)16-14/h1-3,5-6,8-9,13-14H,4,7,10-11H2/b9-8-/t13-,14-/m0/s1. The maximum absolute atomic E-state index is 5.85. The Morgan fingerprint density at radius 2 is 2.12 bits per heavy atom. The van der Waals surface area contributed by atoms with Gasteiger partial charge in [-0.3, -0.25) is 4.84 Å². The fourth-order valence-corrected chi connectivity index (χ4v) is 2.56. The van der Waals surface area contributed by atoms with Crippen molar-refractivity contribution in [1.29, 1.82) is 0 Å². The van der Waals surface area contributed by atoms with E-state index in [4.69, 9.17) is 4.84 Å². The first kappa shape index (κ1) is 10.1. The van der Waals surface area contributed by atoms with Gasteiger partial charge in [0.15, 0.2) is 0 Å². The van der Waals surface area contributed by atoms with Crippen LogP contribution in [0.5, 0.6) is 0 Å². The van der Waals surface area contributed by atoms with Gasteiger partial charge in [-0.25, -0.2) is 0 Å². The molecule has 0 bridgehead atoms. The van der Waals surface area contributed by atoms with E-state index in [0.29, 0.717) is 6.04 Å². The van der Waals surface area contributed by atoms with Crippen molar-refractivity contribution < 1.29 is 4.84 Å². The van der Waals surface area contributed by atoms with Crippen molar-refractivity contribution in [3.63, 3.8) is 0 Å². The molecule has 0 saturated carbocycles. The zero-order chi connectivity index (χ0) is 10.8. The molecule has 84 valence electrons. The summed E-state index contributed by atoms with van der Waals surface area (Å²) in [5.41, 5.74) is 1.25. The highest BCUT2D eigenvalue weighted by Gasteiger charge is 2.35. The van der Waals surface area contributed by atoms with Crippen LogP contribution in [0.3, 0.4) is 0 Å². The number of benzene rings is 1. The fourth-order valence-electron chi connectivity index (χ4n) is 2.56. The Kier molecular flexibility index (Phi) is 2.77. The van der Waals surface area contributed by atoms with E-state index in [1.807, 2.05) is 6.07 Å². The summed E-state index contributed by atoms with van der Waals surface area (Å²) in [5, 5.41) is 2.17. The minimum absolute atomic E-state index is 0.283. The van der Waals surface area contributed by atoms with Crippen LogP contribution in [0.1, 0.15) is 24.8 Å². The molecule has 2 fully saturated rings. The third-order valence-corrected chi connectivity index (χ3v) is 3.40. The lowest BCUT2D eigenvalue weighted by atomic mass is 10.1. The lowest BCUT2D eigenvalue weighted by Crippen LogP contribution is -2.20. The van der Waals surface area contributed by atoms with Gasteiger partial charge in [0.25, 0.3) is 0 Å². The Bertz CT molecular complexity index is 362. The minimum atomic E-state index is 0.283. The second-order valence-corrected chi connectivity index (χ2v) is 4.59. The summed E-state index contributed by atoms with van der Waals surface area (Å²) in [6.45, 7) is 1.11. The Hall–Kier alpha value is -1.12. The van der Waals surface area contributed by atoms with Crippen molar-refractivity contribution in [3.8, 4) is 0 Å². The van der Waals surface area contributed by atoms with Crippen molar-refractivity contribution in [1.82, 2.24) is 5.06 Å². The van der Waals surface area contributed by atoms with E-state index < -0.39 is 0 Å². The number of rotatable bonds is 2. The third kappa shape index (κ3) is 2.04. The molecule has 2 nitrogen and oxygen atoms in total. The second-order valence-electron chi connectivity index (χ2n) is 4.59. The molecule has 2 saturated heterocycles. The van der Waals surface area contributed by atoms with Crippen LogP contribution in [0.4, 0.5) is 0 Å². The highest BCUT2D eigenvalue weighted by molar-refractivity contribution is 5.49. The molecule has 3 rings (SSSR count). The summed E-state index contributed by atoms with van der Waals surface area (Å²) < 4.78 is 0. The molecule has 0 spiro atoms. The van der Waals surface area contributed by atoms with Crippen molar-refractivity contribution in [2.45, 2.75) is 31.4 Å². The number of fused-ring (bicyclic) bond motifs is 1. The molecule has 0 aromatic heterocycles. The topological polar surface area (TPSA) is 12.5 Å². The van der Waals surface area contributed by atoms with Crippen LogP contribution in [0.15, 0.2) is 36.4 Å². The van der Waals surface area contributed by atoms with E-state index in [1.165, 1.54) is 18.4 Å². The number of hydrogen-bond donors (Lipinski definition) is 0. The Morgan fingerprint density at radius 3 is 2.94 bits per heavy atom. The molecule has 0 radical (unpaired) electrons. The summed E-state index contributed by atoms with van der Waals surface area (Å²) in [5.74, 6) is 0. The van der Waals surface area contributed by atoms with Gasteiger partial charge in [-0.15, -0.1) is 0 Å². The van der Waals surface area contributed by atoms with Crippen LogP contribution < -0.4 is 0 Å². The molecule has 0 amide bonds. The van der Waals surface area contributed by atoms with Crippen molar-refractivity contribution in [2.75, 3.05) is 6.54 Å². The number of nitrogens with zero attached hydrogens (tertiary/aromatic N) is 1. The summed E-state index contributed by atoms with van der Waals surface area (Å²) in [4.78, 5) is 5.85. The highest BCUT2D eigenvalue weighted by Crippen LogP contribution is 2.30. The van der Waals surface area contributed by atoms with E-state index in [9.17, 15) is 0 Å². The molecule has 0 unspecified atom stereocenters. The first-order valence-electron chi connectivity index (χ1n) is 6.08. The molecular formula is C14H17NO. The van der Waals surface area contributed by atoms with Crippen LogP contribution in [-0.4, -0.2) is 23.8 Å². The van der Waals surface area contributed by atoms with Gasteiger partial charge in [-0.1, -0.05) is 42.5 Å². The van der Waals surface area contributed by atoms with E-state index in [2.05, 4.69) is 41.5 Å². The summed E-state index contributed by atoms with van der Waals surface area (Å²) in [7, 11) is 0. The first-order chi connectivity index (χ1) is 7.92. The molecule has 2 aliphatic rings. The Labute approximate surface area is 96.5 Å². The van der Waals surface area contributed by atoms with Crippen LogP contribution in [0, 0.1) is 0 Å². The first-order valence-corrected chi connectivity index (χ1v) is 6.08. The van der Waals surface area contributed by atoms with E-state index in [1.54, 1.807) is 0 Å². The van der Waals surface area contributed by atoms with Gasteiger partial charge in [0.2, 0.25) is 0 Å². The monoisotopic (exact) mass is 215 g/mol. The van der Waals surface area contributed by atoms with Crippen LogP contribution in [-0.2, 0) is 4.84 Å². The predicted molar refractivity (Wildman–Crippen MR) is 64.7 cm³/mol. The molecule has 16 heavy (non-hydrogen) atoms. The van der Waals surface area contributed by atoms with Gasteiger partial charge in [-0.05, 0) is 24.8 Å². The highest BCUT2D eigenvalue weighted by atomic mass is 16.7. The summed E-state index contributed by atoms with van der Waals surface area (Å²) >= 11 is 0. The van der Waals surface area contributed by atoms with Crippen molar-refractivity contribution >= 4 is 6.08 Å². The molecule has 0 aliphatic carbocycles. The summed E-state index contributed by atoms with van der Waals surface area (Å²) in [6.07, 6.45) is 8.38. The van der Waals surface area contributed by atoms with Gasteiger partial charge < -0.3 is 0 Å². The lowest BCUT2D eigenvalue weighted by Gasteiger charge is -2.11. The average molecular weight is 215 g/mol. The molecule has 2 heterocycles. The molecular weight excluding hydrogens is 198 g/mol. The fraction of sp³-hybridized carbons (Fsp3) is 0.429. The lowest BCUT2D eigenvalue weighted by molar-refractivity contribution is -0.134. The maximum Gasteiger partial charge on any atom is 0.0993 e. The molecule has 0 N–H and O–H groups in total. The normalized spacial score (nSPS) is 30.0. The van der Waals surface area contributed by atoms with Crippen molar-refractivity contribution in [3.05, 3.63) is 42.0 Å². The number of hydrogen-bond acceptors (Lipinski definition) is 2. The minimum Gasteiger partial charge on any atom is -0.291 e. The molecule has 1 aromatic carbocycles. The van der Waals surface area contributed by atoms with E-state index in [-0.39, 0.29) is 6.10 Å². The van der Waals surface area contributed by atoms with Crippen LogP contribution in [0.2, 0.25) is 0 Å². The van der Waals surface area contributed by atoms with Gasteiger partial charge >= 0.3 is 0 Å². The Morgan fingerprint density at radius 1 is 1.25 bits per heavy atom. The SMILES string of the molecule is C(=C/[C@H]1C[C@@H]2CCCN2O1)/c1ccccc1. The molecule has 2 heteroatoms. The van der Waals surface area contributed by atoms with Gasteiger partial charge in [-0.2, -0.15) is 5.06 Å². The average Bonchev–Trinajstić information content (AvgIpc) is 2.88. The van der Waals surface area contributed by atoms with Crippen molar-refractivity contribution in [2.24, 2.45) is 0 Å². The zero-order valence-corrected chi connectivity index (χ0v) is 9.38. The Balaban J connectivity index is 1.62. The predicted octanol–water partition coefficient (Wildman–Crippen LogP) is 2.87. The zero-order valence-electron chi connectivity index (χ0n) is 9.38. The molecule has 2 aliphatic heterocycles. The van der Waals surface area contributed by atoms with Gasteiger partial charge in [0.1, 0.15) is 0 Å². The van der Waals surface area contributed by atoms with E-state index >= 15 is 0 Å². The maximum atomic E-state index is 5.85. The van der Waals surface area contributed by atoms with E-state index in [0.717, 1.165) is 13.0 Å². The van der Waals surface area contributed by atoms with Gasteiger partial charge in [0, 0.05) is 12.6 Å². The van der Waals surface area contributed by atoms with Crippen LogP contribution >= 0.6 is 0 Å².